The van der Waals surface area contributed by atoms with E-state index in [1.165, 1.54) is 18.7 Å². The Morgan fingerprint density at radius 2 is 1.71 bits per heavy atom. The Balaban J connectivity index is 0.00000280. The van der Waals surface area contributed by atoms with Crippen molar-refractivity contribution in [3.8, 4) is 0 Å². The molecule has 2 aliphatic heterocycles. The van der Waals surface area contributed by atoms with Crippen molar-refractivity contribution in [1.29, 1.82) is 0 Å². The molecule has 3 rings (SSSR count). The minimum Gasteiger partial charge on any atom is -0.355 e. The first-order valence-electron chi connectivity index (χ1n) is 10.3. The number of piperidine rings is 1. The molecule has 1 unspecified atom stereocenters. The number of likely N-dealkylation sites (tertiary alicyclic amines) is 1. The first-order valence-corrected chi connectivity index (χ1v) is 10.3. The van der Waals surface area contributed by atoms with Crippen molar-refractivity contribution in [2.75, 3.05) is 59.9 Å². The molecule has 28 heavy (non-hydrogen) atoms. The monoisotopic (exact) mass is 497 g/mol. The number of benzene rings is 1. The Hall–Kier alpha value is -1.12. The lowest BCUT2D eigenvalue weighted by atomic mass is 10.0. The van der Waals surface area contributed by atoms with Crippen LogP contribution in [0.5, 0.6) is 0 Å². The van der Waals surface area contributed by atoms with E-state index in [1.807, 2.05) is 7.05 Å². The van der Waals surface area contributed by atoms with Gasteiger partial charge in [0.05, 0.1) is 0 Å². The summed E-state index contributed by atoms with van der Waals surface area (Å²) in [5, 5.41) is 3.61. The zero-order chi connectivity index (χ0) is 19.1. The molecule has 0 radical (unpaired) electrons. The summed E-state index contributed by atoms with van der Waals surface area (Å²) in [6, 6.07) is 11.2. The third kappa shape index (κ3) is 6.74. The van der Waals surface area contributed by atoms with Gasteiger partial charge in [0.15, 0.2) is 5.96 Å². The molecule has 0 aromatic heterocycles. The number of hydrogen-bond acceptors (Lipinski definition) is 3. The number of nitrogens with zero attached hydrogens (tertiary/aromatic N) is 4. The SMILES string of the molecule is CN=C(NCC(C)N1CCN(C)CC1)N1CCC(=Cc2ccccc2)CC1.I. The van der Waals surface area contributed by atoms with Gasteiger partial charge in [-0.15, -0.1) is 24.0 Å². The fraction of sp³-hybridized carbons (Fsp3) is 0.591. The predicted molar refractivity (Wildman–Crippen MR) is 131 cm³/mol. The van der Waals surface area contributed by atoms with Crippen LogP contribution in [-0.4, -0.2) is 86.6 Å². The van der Waals surface area contributed by atoms with Crippen molar-refractivity contribution >= 4 is 36.0 Å². The molecule has 0 amide bonds. The van der Waals surface area contributed by atoms with Crippen molar-refractivity contribution in [2.24, 2.45) is 4.99 Å². The molecule has 0 aliphatic carbocycles. The maximum Gasteiger partial charge on any atom is 0.193 e. The zero-order valence-electron chi connectivity index (χ0n) is 17.6. The molecule has 2 saturated heterocycles. The lowest BCUT2D eigenvalue weighted by Gasteiger charge is -2.37. The molecule has 1 N–H and O–H groups in total. The van der Waals surface area contributed by atoms with Gasteiger partial charge in [0.1, 0.15) is 0 Å². The molecule has 6 heteroatoms. The van der Waals surface area contributed by atoms with Crippen LogP contribution in [0.25, 0.3) is 6.08 Å². The van der Waals surface area contributed by atoms with Gasteiger partial charge in [-0.1, -0.05) is 42.0 Å². The summed E-state index contributed by atoms with van der Waals surface area (Å²) >= 11 is 0. The summed E-state index contributed by atoms with van der Waals surface area (Å²) in [6.45, 7) is 10.0. The molecule has 0 spiro atoms. The second-order valence-corrected chi connectivity index (χ2v) is 7.82. The number of piperazine rings is 1. The Morgan fingerprint density at radius 3 is 2.32 bits per heavy atom. The first kappa shape index (κ1) is 23.2. The van der Waals surface area contributed by atoms with Gasteiger partial charge in [-0.05, 0) is 32.4 Å². The molecular weight excluding hydrogens is 461 g/mol. The molecule has 2 aliphatic rings. The predicted octanol–water partition coefficient (Wildman–Crippen LogP) is 3.00. The van der Waals surface area contributed by atoms with E-state index in [-0.39, 0.29) is 24.0 Å². The van der Waals surface area contributed by atoms with Crippen LogP contribution >= 0.6 is 24.0 Å². The van der Waals surface area contributed by atoms with Crippen LogP contribution in [0.3, 0.4) is 0 Å². The molecule has 1 atom stereocenters. The van der Waals surface area contributed by atoms with Crippen molar-refractivity contribution in [3.05, 3.63) is 41.5 Å². The highest BCUT2D eigenvalue weighted by atomic mass is 127. The summed E-state index contributed by atoms with van der Waals surface area (Å²) in [5.74, 6) is 1.05. The quantitative estimate of drug-likeness (QED) is 0.394. The van der Waals surface area contributed by atoms with Gasteiger partial charge in [-0.25, -0.2) is 0 Å². The Kier molecular flexibility index (Phi) is 9.74. The molecule has 2 heterocycles. The van der Waals surface area contributed by atoms with Gasteiger partial charge in [0.2, 0.25) is 0 Å². The third-order valence-corrected chi connectivity index (χ3v) is 5.80. The summed E-state index contributed by atoms with van der Waals surface area (Å²) in [7, 11) is 4.11. The molecular formula is C22H36IN5. The molecule has 0 saturated carbocycles. The molecule has 1 aromatic carbocycles. The van der Waals surface area contributed by atoms with E-state index in [0.717, 1.165) is 51.5 Å². The number of halogens is 1. The summed E-state index contributed by atoms with van der Waals surface area (Å²) < 4.78 is 0. The van der Waals surface area contributed by atoms with E-state index in [2.05, 4.69) is 75.4 Å². The molecule has 5 nitrogen and oxygen atoms in total. The number of rotatable bonds is 4. The number of hydrogen-bond donors (Lipinski definition) is 1. The van der Waals surface area contributed by atoms with Crippen molar-refractivity contribution < 1.29 is 0 Å². The van der Waals surface area contributed by atoms with Gasteiger partial charge < -0.3 is 15.1 Å². The fourth-order valence-corrected chi connectivity index (χ4v) is 3.90. The number of aliphatic imine (C=N–C) groups is 1. The molecule has 0 bridgehead atoms. The Bertz CT molecular complexity index is 628. The molecule has 2 fully saturated rings. The minimum atomic E-state index is 0. The largest absolute Gasteiger partial charge is 0.355 e. The van der Waals surface area contributed by atoms with Crippen LogP contribution < -0.4 is 5.32 Å². The molecule has 1 aromatic rings. The van der Waals surface area contributed by atoms with Crippen LogP contribution in [0.15, 0.2) is 40.9 Å². The normalized spacial score (nSPS) is 20.5. The van der Waals surface area contributed by atoms with Gasteiger partial charge in [-0.2, -0.15) is 0 Å². The summed E-state index contributed by atoms with van der Waals surface area (Å²) in [4.78, 5) is 11.9. The molecule has 156 valence electrons. The number of nitrogens with one attached hydrogen (secondary N) is 1. The van der Waals surface area contributed by atoms with Gasteiger partial charge in [0, 0.05) is 58.9 Å². The van der Waals surface area contributed by atoms with Crippen LogP contribution in [-0.2, 0) is 0 Å². The van der Waals surface area contributed by atoms with Crippen molar-refractivity contribution in [1.82, 2.24) is 20.0 Å². The van der Waals surface area contributed by atoms with E-state index >= 15 is 0 Å². The van der Waals surface area contributed by atoms with Crippen molar-refractivity contribution in [3.63, 3.8) is 0 Å². The highest BCUT2D eigenvalue weighted by Crippen LogP contribution is 2.19. The van der Waals surface area contributed by atoms with E-state index < -0.39 is 0 Å². The van der Waals surface area contributed by atoms with Crippen LogP contribution in [0.4, 0.5) is 0 Å². The first-order chi connectivity index (χ1) is 13.2. The summed E-state index contributed by atoms with van der Waals surface area (Å²) in [6.07, 6.45) is 4.58. The van der Waals surface area contributed by atoms with Gasteiger partial charge in [0.25, 0.3) is 0 Å². The second kappa shape index (κ2) is 11.8. The van der Waals surface area contributed by atoms with Crippen molar-refractivity contribution in [2.45, 2.75) is 25.8 Å². The van der Waals surface area contributed by atoms with Crippen LogP contribution in [0.1, 0.15) is 25.3 Å². The third-order valence-electron chi connectivity index (χ3n) is 5.80. The maximum absolute atomic E-state index is 4.54. The second-order valence-electron chi connectivity index (χ2n) is 7.82. The van der Waals surface area contributed by atoms with E-state index in [4.69, 9.17) is 0 Å². The lowest BCUT2D eigenvalue weighted by Crippen LogP contribution is -2.53. The van der Waals surface area contributed by atoms with E-state index in [1.54, 1.807) is 5.57 Å². The topological polar surface area (TPSA) is 34.1 Å². The summed E-state index contributed by atoms with van der Waals surface area (Å²) in [5.41, 5.74) is 2.85. The Labute approximate surface area is 187 Å². The van der Waals surface area contributed by atoms with Crippen LogP contribution in [0.2, 0.25) is 0 Å². The zero-order valence-corrected chi connectivity index (χ0v) is 19.9. The van der Waals surface area contributed by atoms with Crippen LogP contribution in [0, 0.1) is 0 Å². The van der Waals surface area contributed by atoms with Gasteiger partial charge in [-0.3, -0.25) is 9.89 Å². The fourth-order valence-electron chi connectivity index (χ4n) is 3.90. The lowest BCUT2D eigenvalue weighted by molar-refractivity contribution is 0.119. The smallest absolute Gasteiger partial charge is 0.193 e. The number of likely N-dealkylation sites (N-methyl/N-ethyl adjacent to an activating group) is 1. The average Bonchev–Trinajstić information content (AvgIpc) is 2.71. The Morgan fingerprint density at radius 1 is 1.07 bits per heavy atom. The maximum atomic E-state index is 4.54. The van der Waals surface area contributed by atoms with Gasteiger partial charge >= 0.3 is 0 Å². The standard InChI is InChI=1S/C22H35N5.HI/c1-19(26-15-13-25(3)14-16-26)18-24-22(23-2)27-11-9-21(10-12-27)17-20-7-5-4-6-8-20;/h4-8,17,19H,9-16,18H2,1-3H3,(H,23,24);1H. The highest BCUT2D eigenvalue weighted by Gasteiger charge is 2.21. The minimum absolute atomic E-state index is 0. The highest BCUT2D eigenvalue weighted by molar-refractivity contribution is 14.0. The van der Waals surface area contributed by atoms with E-state index in [9.17, 15) is 0 Å². The average molecular weight is 497 g/mol. The van der Waals surface area contributed by atoms with E-state index in [0.29, 0.717) is 6.04 Å². The number of guanidine groups is 1.